The van der Waals surface area contributed by atoms with Crippen molar-refractivity contribution in [2.24, 2.45) is 5.73 Å². The fourth-order valence-corrected chi connectivity index (χ4v) is 1.16. The molecule has 0 fully saturated rings. The monoisotopic (exact) mass is 235 g/mol. The highest BCUT2D eigenvalue weighted by atomic mass is 35.5. The number of benzene rings is 1. The maximum atomic E-state index is 13.0. The van der Waals surface area contributed by atoms with Gasteiger partial charge in [0.25, 0.3) is 0 Å². The number of aliphatic hydroxyl groups excluding tert-OH is 1. The molecular weight excluding hydrogens is 221 g/mol. The number of nitrogens with two attached hydrogens (primary N) is 1. The van der Waals surface area contributed by atoms with Crippen molar-refractivity contribution in [3.63, 3.8) is 0 Å². The number of hydrogen-bond donors (Lipinski definition) is 2. The van der Waals surface area contributed by atoms with Gasteiger partial charge in [-0.15, -0.1) is 12.4 Å². The molecule has 0 unspecified atom stereocenters. The van der Waals surface area contributed by atoms with Crippen molar-refractivity contribution in [3.8, 4) is 5.75 Å². The van der Waals surface area contributed by atoms with E-state index in [0.29, 0.717) is 5.56 Å². The van der Waals surface area contributed by atoms with Gasteiger partial charge in [-0.05, 0) is 24.6 Å². The molecule has 0 saturated carbocycles. The Morgan fingerprint density at radius 3 is 2.53 bits per heavy atom. The van der Waals surface area contributed by atoms with E-state index < -0.39 is 18.0 Å². The highest BCUT2D eigenvalue weighted by Crippen LogP contribution is 2.22. The minimum Gasteiger partial charge on any atom is -0.494 e. The first-order valence-electron chi connectivity index (χ1n) is 4.33. The third-order valence-electron chi connectivity index (χ3n) is 2.08. The Balaban J connectivity index is 0.00000196. The van der Waals surface area contributed by atoms with Crippen LogP contribution >= 0.6 is 12.4 Å². The second-order valence-electron chi connectivity index (χ2n) is 3.16. The molecule has 0 spiro atoms. The summed E-state index contributed by atoms with van der Waals surface area (Å²) in [5.74, 6) is -0.298. The lowest BCUT2D eigenvalue weighted by atomic mass is 10.0. The molecule has 0 heterocycles. The quantitative estimate of drug-likeness (QED) is 0.838. The van der Waals surface area contributed by atoms with Crippen LogP contribution in [0.1, 0.15) is 18.5 Å². The molecule has 0 amide bonds. The zero-order valence-corrected chi connectivity index (χ0v) is 9.42. The number of rotatable bonds is 3. The van der Waals surface area contributed by atoms with E-state index in [-0.39, 0.29) is 18.2 Å². The first-order valence-corrected chi connectivity index (χ1v) is 4.33. The lowest BCUT2D eigenvalue weighted by molar-refractivity contribution is 0.164. The zero-order valence-electron chi connectivity index (χ0n) is 8.61. The van der Waals surface area contributed by atoms with Gasteiger partial charge >= 0.3 is 0 Å². The van der Waals surface area contributed by atoms with Gasteiger partial charge < -0.3 is 15.6 Å². The Hall–Kier alpha value is -0.840. The van der Waals surface area contributed by atoms with Gasteiger partial charge in [0.2, 0.25) is 0 Å². The van der Waals surface area contributed by atoms with Crippen LogP contribution in [-0.2, 0) is 0 Å². The molecule has 0 bridgehead atoms. The predicted octanol–water partition coefficient (Wildman–Crippen LogP) is 1.64. The maximum absolute atomic E-state index is 13.0. The minimum absolute atomic E-state index is 0. The molecule has 1 aromatic rings. The summed E-state index contributed by atoms with van der Waals surface area (Å²) in [6, 6.07) is 3.78. The molecule has 3 N–H and O–H groups in total. The molecule has 15 heavy (non-hydrogen) atoms. The van der Waals surface area contributed by atoms with Crippen LogP contribution in [0.15, 0.2) is 18.2 Å². The van der Waals surface area contributed by atoms with E-state index >= 15 is 0 Å². The fraction of sp³-hybridized carbons (Fsp3) is 0.400. The summed E-state index contributed by atoms with van der Waals surface area (Å²) < 4.78 is 17.8. The number of ether oxygens (including phenoxy) is 1. The number of methoxy groups -OCH3 is 1. The molecule has 1 rings (SSSR count). The van der Waals surface area contributed by atoms with Gasteiger partial charge in [-0.2, -0.15) is 0 Å². The SMILES string of the molecule is COc1cc([C@H](N)[C@@H](C)O)ccc1F.Cl. The van der Waals surface area contributed by atoms with Gasteiger partial charge in [0.05, 0.1) is 19.3 Å². The summed E-state index contributed by atoms with van der Waals surface area (Å²) in [4.78, 5) is 0. The largest absolute Gasteiger partial charge is 0.494 e. The zero-order chi connectivity index (χ0) is 10.7. The first-order chi connectivity index (χ1) is 6.56. The van der Waals surface area contributed by atoms with Crippen LogP contribution in [0, 0.1) is 5.82 Å². The van der Waals surface area contributed by atoms with Crippen LogP contribution in [0.2, 0.25) is 0 Å². The Bertz CT molecular complexity index is 320. The second-order valence-corrected chi connectivity index (χ2v) is 3.16. The average molecular weight is 236 g/mol. The first kappa shape index (κ1) is 14.2. The Kier molecular flexibility index (Phi) is 5.57. The molecule has 0 radical (unpaired) electrons. The van der Waals surface area contributed by atoms with E-state index in [9.17, 15) is 9.50 Å². The van der Waals surface area contributed by atoms with Gasteiger partial charge in [0.15, 0.2) is 11.6 Å². The molecule has 2 atom stereocenters. The van der Waals surface area contributed by atoms with Crippen molar-refractivity contribution in [1.29, 1.82) is 0 Å². The summed E-state index contributed by atoms with van der Waals surface area (Å²) in [5, 5.41) is 9.25. The van der Waals surface area contributed by atoms with E-state index in [1.807, 2.05) is 0 Å². The van der Waals surface area contributed by atoms with Crippen LogP contribution in [-0.4, -0.2) is 18.3 Å². The van der Waals surface area contributed by atoms with Crippen molar-refractivity contribution in [3.05, 3.63) is 29.6 Å². The molecule has 0 saturated heterocycles. The molecule has 0 aliphatic heterocycles. The van der Waals surface area contributed by atoms with E-state index in [0.717, 1.165) is 0 Å². The van der Waals surface area contributed by atoms with E-state index in [1.54, 1.807) is 6.92 Å². The molecule has 3 nitrogen and oxygen atoms in total. The van der Waals surface area contributed by atoms with Crippen LogP contribution < -0.4 is 10.5 Å². The normalized spacial score (nSPS) is 13.9. The van der Waals surface area contributed by atoms with E-state index in [4.69, 9.17) is 10.5 Å². The average Bonchev–Trinajstić information content (AvgIpc) is 2.17. The molecule has 0 aliphatic rings. The van der Waals surface area contributed by atoms with Gasteiger partial charge in [-0.1, -0.05) is 6.07 Å². The highest BCUT2D eigenvalue weighted by Gasteiger charge is 2.14. The molecule has 1 aromatic carbocycles. The van der Waals surface area contributed by atoms with Crippen LogP contribution in [0.4, 0.5) is 4.39 Å². The molecule has 0 aromatic heterocycles. The van der Waals surface area contributed by atoms with Crippen LogP contribution in [0.5, 0.6) is 5.75 Å². The van der Waals surface area contributed by atoms with E-state index in [2.05, 4.69) is 0 Å². The fourth-order valence-electron chi connectivity index (χ4n) is 1.16. The standard InChI is InChI=1S/C10H14FNO2.ClH/c1-6(13)10(12)7-3-4-8(11)9(5-7)14-2;/h3-6,10,13H,12H2,1-2H3;1H/t6-,10-;/m1./s1. The second kappa shape index (κ2) is 5.90. The van der Waals surface area contributed by atoms with Gasteiger partial charge in [-0.25, -0.2) is 4.39 Å². The highest BCUT2D eigenvalue weighted by molar-refractivity contribution is 5.85. The molecule has 86 valence electrons. The lowest BCUT2D eigenvalue weighted by Crippen LogP contribution is -2.23. The van der Waals surface area contributed by atoms with Gasteiger partial charge in [-0.3, -0.25) is 0 Å². The summed E-state index contributed by atoms with van der Waals surface area (Å²) >= 11 is 0. The summed E-state index contributed by atoms with van der Waals surface area (Å²) in [6.07, 6.45) is -0.676. The van der Waals surface area contributed by atoms with Gasteiger partial charge in [0.1, 0.15) is 0 Å². The third-order valence-corrected chi connectivity index (χ3v) is 2.08. The van der Waals surface area contributed by atoms with E-state index in [1.165, 1.54) is 25.3 Å². The maximum Gasteiger partial charge on any atom is 0.165 e. The summed E-state index contributed by atoms with van der Waals surface area (Å²) in [7, 11) is 1.39. The lowest BCUT2D eigenvalue weighted by Gasteiger charge is -2.15. The number of halogens is 2. The van der Waals surface area contributed by atoms with Crippen molar-refractivity contribution in [2.45, 2.75) is 19.1 Å². The summed E-state index contributed by atoms with van der Waals surface area (Å²) in [6.45, 7) is 1.58. The Morgan fingerprint density at radius 2 is 2.07 bits per heavy atom. The smallest absolute Gasteiger partial charge is 0.165 e. The Morgan fingerprint density at radius 1 is 1.47 bits per heavy atom. The van der Waals surface area contributed by atoms with Crippen molar-refractivity contribution in [2.75, 3.05) is 7.11 Å². The number of hydrogen-bond acceptors (Lipinski definition) is 3. The molecule has 5 heteroatoms. The third kappa shape index (κ3) is 3.34. The topological polar surface area (TPSA) is 55.5 Å². The summed E-state index contributed by atoms with van der Waals surface area (Å²) in [5.41, 5.74) is 6.33. The van der Waals surface area contributed by atoms with Crippen molar-refractivity contribution >= 4 is 12.4 Å². The Labute approximate surface area is 94.5 Å². The van der Waals surface area contributed by atoms with Crippen LogP contribution in [0.25, 0.3) is 0 Å². The van der Waals surface area contributed by atoms with Crippen molar-refractivity contribution in [1.82, 2.24) is 0 Å². The number of aliphatic hydroxyl groups is 1. The van der Waals surface area contributed by atoms with Crippen molar-refractivity contribution < 1.29 is 14.2 Å². The molecular formula is C10H15ClFNO2. The molecule has 0 aliphatic carbocycles. The van der Waals surface area contributed by atoms with Gasteiger partial charge in [0, 0.05) is 0 Å². The minimum atomic E-state index is -0.676. The van der Waals surface area contributed by atoms with Crippen LogP contribution in [0.3, 0.4) is 0 Å². The predicted molar refractivity (Wildman–Crippen MR) is 58.8 cm³/mol.